The van der Waals surface area contributed by atoms with E-state index in [4.69, 9.17) is 17.3 Å². The molecular formula is C20H22ClN7. The van der Waals surface area contributed by atoms with Crippen LogP contribution in [0.4, 0.5) is 22.9 Å². The molecule has 0 atom stereocenters. The zero-order chi connectivity index (χ0) is 19.5. The van der Waals surface area contributed by atoms with Gasteiger partial charge in [0.05, 0.1) is 11.4 Å². The van der Waals surface area contributed by atoms with Gasteiger partial charge in [-0.1, -0.05) is 17.7 Å². The summed E-state index contributed by atoms with van der Waals surface area (Å²) in [5, 5.41) is 3.61. The highest BCUT2D eigenvalue weighted by molar-refractivity contribution is 6.32. The summed E-state index contributed by atoms with van der Waals surface area (Å²) in [4.78, 5) is 17.0. The number of nitrogens with two attached hydrogens (primary N) is 1. The molecule has 3 N–H and O–H groups in total. The summed E-state index contributed by atoms with van der Waals surface area (Å²) in [5.74, 6) is 0.502. The van der Waals surface area contributed by atoms with Crippen LogP contribution in [0, 0.1) is 0 Å². The van der Waals surface area contributed by atoms with Crippen molar-refractivity contribution in [3.63, 3.8) is 0 Å². The fourth-order valence-corrected chi connectivity index (χ4v) is 3.42. The number of nitrogen functional groups attached to an aromatic ring is 1. The Kier molecular flexibility index (Phi) is 5.27. The molecule has 1 fully saturated rings. The zero-order valence-corrected chi connectivity index (χ0v) is 16.4. The first kappa shape index (κ1) is 18.5. The number of pyridine rings is 1. The molecule has 0 radical (unpaired) electrons. The van der Waals surface area contributed by atoms with Gasteiger partial charge in [0, 0.05) is 38.6 Å². The van der Waals surface area contributed by atoms with Gasteiger partial charge in [0.15, 0.2) is 11.0 Å². The topological polar surface area (TPSA) is 83.2 Å². The van der Waals surface area contributed by atoms with Gasteiger partial charge in [-0.05, 0) is 42.4 Å². The van der Waals surface area contributed by atoms with E-state index in [1.807, 2.05) is 12.1 Å². The van der Waals surface area contributed by atoms with Crippen molar-refractivity contribution in [3.8, 4) is 11.1 Å². The third kappa shape index (κ3) is 3.85. The largest absolute Gasteiger partial charge is 0.393 e. The first-order valence-electron chi connectivity index (χ1n) is 9.13. The van der Waals surface area contributed by atoms with E-state index in [0.29, 0.717) is 11.5 Å². The molecule has 1 aromatic carbocycles. The standard InChI is InChI=1S/C20H22ClN7/c1-27-8-10-28(11-9-27)17-3-2-15(14-4-6-23-7-5-14)12-16(17)26-20-18(22)19(21)24-13-25-20/h2-7,12-13H,8-11,22H2,1H3,(H,24,25,26). The van der Waals surface area contributed by atoms with Crippen LogP contribution in [-0.4, -0.2) is 53.1 Å². The van der Waals surface area contributed by atoms with E-state index in [9.17, 15) is 0 Å². The van der Waals surface area contributed by atoms with Crippen molar-refractivity contribution in [3.05, 3.63) is 54.2 Å². The molecule has 4 rings (SSSR count). The molecule has 0 amide bonds. The van der Waals surface area contributed by atoms with E-state index in [2.05, 4.69) is 55.3 Å². The number of likely N-dealkylation sites (N-methyl/N-ethyl adjacent to an activating group) is 1. The Bertz CT molecular complexity index is 956. The average Bonchev–Trinajstić information content (AvgIpc) is 2.73. The third-order valence-corrected chi connectivity index (χ3v) is 5.24. The number of hydrogen-bond acceptors (Lipinski definition) is 7. The Labute approximate surface area is 169 Å². The minimum Gasteiger partial charge on any atom is -0.393 e. The Hall–Kier alpha value is -2.90. The molecular weight excluding hydrogens is 374 g/mol. The van der Waals surface area contributed by atoms with E-state index >= 15 is 0 Å². The molecule has 0 saturated carbocycles. The number of nitrogens with one attached hydrogen (secondary N) is 1. The molecule has 1 aliphatic rings. The van der Waals surface area contributed by atoms with Crippen molar-refractivity contribution >= 4 is 34.5 Å². The van der Waals surface area contributed by atoms with Crippen molar-refractivity contribution in [2.45, 2.75) is 0 Å². The molecule has 1 aliphatic heterocycles. The van der Waals surface area contributed by atoms with Crippen molar-refractivity contribution in [2.75, 3.05) is 49.2 Å². The molecule has 28 heavy (non-hydrogen) atoms. The maximum absolute atomic E-state index is 6.08. The summed E-state index contributed by atoms with van der Waals surface area (Å²) in [6.45, 7) is 3.96. The lowest BCUT2D eigenvalue weighted by atomic mass is 10.0. The maximum atomic E-state index is 6.08. The quantitative estimate of drug-likeness (QED) is 0.656. The minimum atomic E-state index is 0.240. The fourth-order valence-electron chi connectivity index (χ4n) is 3.28. The summed E-state index contributed by atoms with van der Waals surface area (Å²) in [5.41, 5.74) is 10.6. The van der Waals surface area contributed by atoms with Gasteiger partial charge in [0.1, 0.15) is 12.0 Å². The van der Waals surface area contributed by atoms with Crippen molar-refractivity contribution < 1.29 is 0 Å². The molecule has 0 aliphatic carbocycles. The number of rotatable bonds is 4. The molecule has 0 unspecified atom stereocenters. The molecule has 7 nitrogen and oxygen atoms in total. The first-order chi connectivity index (χ1) is 13.6. The molecule has 0 spiro atoms. The summed E-state index contributed by atoms with van der Waals surface area (Å²) in [6.07, 6.45) is 4.99. The second-order valence-corrected chi connectivity index (χ2v) is 7.17. The van der Waals surface area contributed by atoms with Crippen LogP contribution < -0.4 is 16.0 Å². The second-order valence-electron chi connectivity index (χ2n) is 6.81. The summed E-state index contributed by atoms with van der Waals surface area (Å²) in [6, 6.07) is 10.4. The van der Waals surface area contributed by atoms with Gasteiger partial charge in [-0.15, -0.1) is 0 Å². The summed E-state index contributed by atoms with van der Waals surface area (Å²) >= 11 is 6.07. The van der Waals surface area contributed by atoms with Crippen LogP contribution in [0.5, 0.6) is 0 Å². The molecule has 0 bridgehead atoms. The summed E-state index contributed by atoms with van der Waals surface area (Å²) < 4.78 is 0. The van der Waals surface area contributed by atoms with Crippen LogP contribution in [0.25, 0.3) is 11.1 Å². The highest BCUT2D eigenvalue weighted by Crippen LogP contribution is 2.35. The lowest BCUT2D eigenvalue weighted by molar-refractivity contribution is 0.313. The van der Waals surface area contributed by atoms with Crippen molar-refractivity contribution in [1.29, 1.82) is 0 Å². The van der Waals surface area contributed by atoms with E-state index < -0.39 is 0 Å². The van der Waals surface area contributed by atoms with Gasteiger partial charge in [-0.3, -0.25) is 4.98 Å². The number of piperazine rings is 1. The number of aromatic nitrogens is 3. The Balaban J connectivity index is 1.74. The number of anilines is 4. The molecule has 3 aromatic rings. The molecule has 3 heterocycles. The molecule has 8 heteroatoms. The van der Waals surface area contributed by atoms with Crippen LogP contribution in [0.15, 0.2) is 49.1 Å². The fraction of sp³-hybridized carbons (Fsp3) is 0.250. The first-order valence-corrected chi connectivity index (χ1v) is 9.50. The van der Waals surface area contributed by atoms with Crippen LogP contribution in [0.3, 0.4) is 0 Å². The second kappa shape index (κ2) is 8.00. The predicted molar refractivity (Wildman–Crippen MR) is 114 cm³/mol. The zero-order valence-electron chi connectivity index (χ0n) is 15.6. The third-order valence-electron chi connectivity index (χ3n) is 4.94. The van der Waals surface area contributed by atoms with E-state index in [0.717, 1.165) is 48.7 Å². The van der Waals surface area contributed by atoms with Gasteiger partial charge >= 0.3 is 0 Å². The lowest BCUT2D eigenvalue weighted by Gasteiger charge is -2.35. The van der Waals surface area contributed by atoms with Gasteiger partial charge in [0.25, 0.3) is 0 Å². The smallest absolute Gasteiger partial charge is 0.158 e. The number of hydrogen-bond donors (Lipinski definition) is 2. The molecule has 144 valence electrons. The summed E-state index contributed by atoms with van der Waals surface area (Å²) in [7, 11) is 2.15. The van der Waals surface area contributed by atoms with Crippen molar-refractivity contribution in [1.82, 2.24) is 19.9 Å². The highest BCUT2D eigenvalue weighted by atomic mass is 35.5. The van der Waals surface area contributed by atoms with Crippen LogP contribution >= 0.6 is 11.6 Å². The number of nitrogens with zero attached hydrogens (tertiary/aromatic N) is 5. The lowest BCUT2D eigenvalue weighted by Crippen LogP contribution is -2.44. The Morgan fingerprint density at radius 3 is 2.50 bits per heavy atom. The highest BCUT2D eigenvalue weighted by Gasteiger charge is 2.19. The van der Waals surface area contributed by atoms with Crippen molar-refractivity contribution in [2.24, 2.45) is 0 Å². The van der Waals surface area contributed by atoms with Gasteiger partial charge in [0.2, 0.25) is 0 Å². The SMILES string of the molecule is CN1CCN(c2ccc(-c3ccncc3)cc2Nc2ncnc(Cl)c2N)CC1. The Morgan fingerprint density at radius 2 is 1.75 bits per heavy atom. The number of halogens is 1. The molecule has 2 aromatic heterocycles. The minimum absolute atomic E-state index is 0.240. The maximum Gasteiger partial charge on any atom is 0.158 e. The van der Waals surface area contributed by atoms with Gasteiger partial charge in [-0.25, -0.2) is 9.97 Å². The van der Waals surface area contributed by atoms with Gasteiger partial charge in [-0.2, -0.15) is 0 Å². The normalized spacial score (nSPS) is 14.9. The van der Waals surface area contributed by atoms with Crippen LogP contribution in [0.1, 0.15) is 0 Å². The molecule has 1 saturated heterocycles. The van der Waals surface area contributed by atoms with E-state index in [1.165, 1.54) is 6.33 Å². The van der Waals surface area contributed by atoms with Gasteiger partial charge < -0.3 is 20.9 Å². The average molecular weight is 396 g/mol. The van der Waals surface area contributed by atoms with E-state index in [1.54, 1.807) is 12.4 Å². The van der Waals surface area contributed by atoms with E-state index in [-0.39, 0.29) is 5.15 Å². The van der Waals surface area contributed by atoms with Crippen LogP contribution in [0.2, 0.25) is 5.15 Å². The Morgan fingerprint density at radius 1 is 1.00 bits per heavy atom. The van der Waals surface area contributed by atoms with Crippen LogP contribution in [-0.2, 0) is 0 Å². The monoisotopic (exact) mass is 395 g/mol. The number of benzene rings is 1. The predicted octanol–water partition coefficient (Wildman–Crippen LogP) is 3.27.